The number of hydroxylamine groups is 1. The summed E-state index contributed by atoms with van der Waals surface area (Å²) in [5.41, 5.74) is 2.33. The number of hydrogen-bond donors (Lipinski definition) is 4. The van der Waals surface area contributed by atoms with Crippen molar-refractivity contribution in [2.45, 2.75) is 26.8 Å². The number of hydrogen-bond acceptors (Lipinski definition) is 8. The molecule has 0 aromatic carbocycles. The summed E-state index contributed by atoms with van der Waals surface area (Å²) >= 11 is 2.79. The molecule has 1 atom stereocenters. The third kappa shape index (κ3) is 5.07. The minimum absolute atomic E-state index is 0.196. The Morgan fingerprint density at radius 1 is 1.19 bits per heavy atom. The molecule has 0 unspecified atom stereocenters. The zero-order valence-corrected chi connectivity index (χ0v) is 16.0. The molecule has 2 rings (SSSR count). The zero-order chi connectivity index (χ0) is 19.3. The molecule has 140 valence electrons. The number of nitrogens with zero attached hydrogens (tertiary/aromatic N) is 2. The van der Waals surface area contributed by atoms with E-state index >= 15 is 0 Å². The van der Waals surface area contributed by atoms with Gasteiger partial charge in [-0.1, -0.05) is 13.8 Å². The highest BCUT2D eigenvalue weighted by molar-refractivity contribution is 7.14. The van der Waals surface area contributed by atoms with Crippen LogP contribution in [0.1, 0.15) is 29.3 Å². The van der Waals surface area contributed by atoms with Crippen molar-refractivity contribution in [1.82, 2.24) is 26.1 Å². The molecule has 0 saturated carbocycles. The zero-order valence-electron chi connectivity index (χ0n) is 14.4. The minimum Gasteiger partial charge on any atom is -0.345 e. The molecule has 0 spiro atoms. The number of carbonyl (C=O) groups excluding carboxylic acids is 3. The van der Waals surface area contributed by atoms with Gasteiger partial charge in [0.25, 0.3) is 11.8 Å². The summed E-state index contributed by atoms with van der Waals surface area (Å²) in [5.74, 6) is -1.98. The first-order valence-corrected chi connectivity index (χ1v) is 9.47. The first kappa shape index (κ1) is 19.9. The van der Waals surface area contributed by atoms with Gasteiger partial charge in [-0.05, 0) is 12.8 Å². The lowest BCUT2D eigenvalue weighted by molar-refractivity contribution is -0.132. The maximum atomic E-state index is 12.4. The highest BCUT2D eigenvalue weighted by atomic mass is 32.1. The fraction of sp³-hybridized carbons (Fsp3) is 0.400. The maximum absolute atomic E-state index is 12.4. The molecule has 26 heavy (non-hydrogen) atoms. The summed E-state index contributed by atoms with van der Waals surface area (Å²) in [4.78, 5) is 44.2. The molecule has 4 N–H and O–H groups in total. The van der Waals surface area contributed by atoms with E-state index in [2.05, 4.69) is 20.6 Å². The normalized spacial score (nSPS) is 11.9. The molecule has 2 aromatic heterocycles. The SMILES string of the molecule is Cc1nc(-c2nc(C(=O)N[C@H](C(=O)NCC(=O)NO)C(C)C)cs2)cs1. The monoisotopic (exact) mass is 397 g/mol. The Morgan fingerprint density at radius 3 is 2.50 bits per heavy atom. The molecule has 0 bridgehead atoms. The van der Waals surface area contributed by atoms with Gasteiger partial charge in [0, 0.05) is 10.8 Å². The largest absolute Gasteiger partial charge is 0.345 e. The molecule has 0 aliphatic rings. The molecular weight excluding hydrogens is 378 g/mol. The van der Waals surface area contributed by atoms with Crippen LogP contribution in [0.5, 0.6) is 0 Å². The van der Waals surface area contributed by atoms with Crippen LogP contribution in [0.15, 0.2) is 10.8 Å². The number of aryl methyl sites for hydroxylation is 1. The van der Waals surface area contributed by atoms with Gasteiger partial charge >= 0.3 is 0 Å². The van der Waals surface area contributed by atoms with Crippen LogP contribution in [0.25, 0.3) is 10.7 Å². The van der Waals surface area contributed by atoms with Gasteiger partial charge in [-0.2, -0.15) is 0 Å². The Morgan fingerprint density at radius 2 is 1.92 bits per heavy atom. The number of thiazole rings is 2. The Bertz CT molecular complexity index is 802. The minimum atomic E-state index is -0.847. The molecular formula is C15H19N5O4S2. The second-order valence-corrected chi connectivity index (χ2v) is 7.66. The maximum Gasteiger partial charge on any atom is 0.271 e. The van der Waals surface area contributed by atoms with Crippen LogP contribution in [0, 0.1) is 12.8 Å². The molecule has 3 amide bonds. The highest BCUT2D eigenvalue weighted by Crippen LogP contribution is 2.25. The van der Waals surface area contributed by atoms with Crippen molar-refractivity contribution in [3.8, 4) is 10.7 Å². The summed E-state index contributed by atoms with van der Waals surface area (Å²) < 4.78 is 0. The van der Waals surface area contributed by atoms with Crippen LogP contribution in [0.2, 0.25) is 0 Å². The van der Waals surface area contributed by atoms with Crippen molar-refractivity contribution in [1.29, 1.82) is 0 Å². The van der Waals surface area contributed by atoms with Crippen LogP contribution < -0.4 is 16.1 Å². The topological polar surface area (TPSA) is 133 Å². The van der Waals surface area contributed by atoms with Gasteiger partial charge in [-0.15, -0.1) is 22.7 Å². The fourth-order valence-electron chi connectivity index (χ4n) is 2.02. The molecule has 2 aromatic rings. The Hall–Kier alpha value is -2.37. The molecule has 0 saturated heterocycles. The van der Waals surface area contributed by atoms with E-state index in [9.17, 15) is 14.4 Å². The van der Waals surface area contributed by atoms with Crippen molar-refractivity contribution in [2.24, 2.45) is 5.92 Å². The molecule has 0 radical (unpaired) electrons. The van der Waals surface area contributed by atoms with Gasteiger partial charge in [0.2, 0.25) is 5.91 Å². The van der Waals surface area contributed by atoms with Gasteiger partial charge in [-0.25, -0.2) is 15.4 Å². The molecule has 0 fully saturated rings. The van der Waals surface area contributed by atoms with Gasteiger partial charge in [-0.3, -0.25) is 19.6 Å². The van der Waals surface area contributed by atoms with Gasteiger partial charge in [0.1, 0.15) is 22.4 Å². The summed E-state index contributed by atoms with van der Waals surface area (Å²) in [7, 11) is 0. The van der Waals surface area contributed by atoms with Crippen LogP contribution in [0.3, 0.4) is 0 Å². The van der Waals surface area contributed by atoms with E-state index in [0.29, 0.717) is 10.7 Å². The number of aromatic nitrogens is 2. The lowest BCUT2D eigenvalue weighted by Gasteiger charge is -2.21. The summed E-state index contributed by atoms with van der Waals surface area (Å²) in [5, 5.41) is 18.4. The second-order valence-electron chi connectivity index (χ2n) is 5.74. The number of rotatable bonds is 7. The molecule has 2 heterocycles. The Balaban J connectivity index is 2.04. The van der Waals surface area contributed by atoms with Crippen molar-refractivity contribution in [3.05, 3.63) is 21.5 Å². The van der Waals surface area contributed by atoms with E-state index in [-0.39, 0.29) is 11.6 Å². The second kappa shape index (κ2) is 8.83. The van der Waals surface area contributed by atoms with Crippen LogP contribution in [0.4, 0.5) is 0 Å². The van der Waals surface area contributed by atoms with E-state index < -0.39 is 30.3 Å². The first-order valence-electron chi connectivity index (χ1n) is 7.71. The van der Waals surface area contributed by atoms with Crippen molar-refractivity contribution < 1.29 is 19.6 Å². The molecule has 0 aliphatic heterocycles. The number of amides is 3. The Labute approximate surface area is 157 Å². The first-order chi connectivity index (χ1) is 12.3. The summed E-state index contributed by atoms with van der Waals surface area (Å²) in [6, 6.07) is -0.847. The van der Waals surface area contributed by atoms with Crippen LogP contribution in [-0.2, 0) is 9.59 Å². The number of carbonyl (C=O) groups is 3. The lowest BCUT2D eigenvalue weighted by atomic mass is 10.0. The van der Waals surface area contributed by atoms with Crippen LogP contribution >= 0.6 is 22.7 Å². The van der Waals surface area contributed by atoms with Crippen LogP contribution in [-0.4, -0.2) is 45.5 Å². The number of nitrogens with one attached hydrogen (secondary N) is 3. The van der Waals surface area contributed by atoms with E-state index in [1.807, 2.05) is 12.3 Å². The average molecular weight is 397 g/mol. The standard InChI is InChI=1S/C15H19N5O4S2/c1-7(2)12(14(23)16-4-11(21)20-24)19-13(22)9-5-26-15(18-9)10-6-25-8(3)17-10/h5-7,12,24H,4H2,1-3H3,(H,16,23)(H,19,22)(H,20,21)/t12-/m0/s1. The fourth-order valence-corrected chi connectivity index (χ4v) is 3.46. The third-order valence-electron chi connectivity index (χ3n) is 3.36. The van der Waals surface area contributed by atoms with Crippen molar-refractivity contribution >= 4 is 40.4 Å². The Kier molecular flexibility index (Phi) is 6.77. The van der Waals surface area contributed by atoms with E-state index in [1.165, 1.54) is 28.2 Å². The van der Waals surface area contributed by atoms with Crippen molar-refractivity contribution in [3.63, 3.8) is 0 Å². The lowest BCUT2D eigenvalue weighted by Crippen LogP contribution is -2.51. The quantitative estimate of drug-likeness (QED) is 0.406. The van der Waals surface area contributed by atoms with E-state index in [4.69, 9.17) is 5.21 Å². The van der Waals surface area contributed by atoms with E-state index in [1.54, 1.807) is 19.2 Å². The molecule has 9 nitrogen and oxygen atoms in total. The van der Waals surface area contributed by atoms with E-state index in [0.717, 1.165) is 5.01 Å². The van der Waals surface area contributed by atoms with Gasteiger partial charge in [0.15, 0.2) is 0 Å². The predicted molar refractivity (Wildman–Crippen MR) is 97.0 cm³/mol. The highest BCUT2D eigenvalue weighted by Gasteiger charge is 2.26. The molecule has 11 heteroatoms. The smallest absolute Gasteiger partial charge is 0.271 e. The van der Waals surface area contributed by atoms with Gasteiger partial charge in [0.05, 0.1) is 11.6 Å². The summed E-state index contributed by atoms with van der Waals surface area (Å²) in [6.45, 7) is 5.03. The van der Waals surface area contributed by atoms with Crippen molar-refractivity contribution in [2.75, 3.05) is 6.54 Å². The van der Waals surface area contributed by atoms with Gasteiger partial charge < -0.3 is 10.6 Å². The average Bonchev–Trinajstić information content (AvgIpc) is 3.25. The summed E-state index contributed by atoms with van der Waals surface area (Å²) in [6.07, 6.45) is 0. The third-order valence-corrected chi connectivity index (χ3v) is 5.00. The predicted octanol–water partition coefficient (Wildman–Crippen LogP) is 0.951. The molecule has 0 aliphatic carbocycles.